The van der Waals surface area contributed by atoms with Gasteiger partial charge in [-0.25, -0.2) is 24.1 Å². The minimum absolute atomic E-state index is 0.0134. The zero-order chi connectivity index (χ0) is 58.9. The third-order valence-corrected chi connectivity index (χ3v) is 12.0. The summed E-state index contributed by atoms with van der Waals surface area (Å²) in [5, 5.41) is 26.7. The third-order valence-electron chi connectivity index (χ3n) is 11.0. The smallest absolute Gasteiger partial charge is 0.437 e. The number of benzene rings is 4. The lowest BCUT2D eigenvalue weighted by Crippen LogP contribution is -2.32. The van der Waals surface area contributed by atoms with Crippen LogP contribution in [0.2, 0.25) is 10.0 Å². The zero-order valence-corrected chi connectivity index (χ0v) is 44.8. The van der Waals surface area contributed by atoms with Gasteiger partial charge in [-0.2, -0.15) is 47.1 Å². The van der Waals surface area contributed by atoms with Crippen molar-refractivity contribution in [3.63, 3.8) is 0 Å². The molecule has 4 aromatic heterocycles. The Morgan fingerprint density at radius 3 is 1.36 bits per heavy atom. The predicted octanol–water partition coefficient (Wildman–Crippen LogP) is 9.03. The van der Waals surface area contributed by atoms with Crippen LogP contribution < -0.4 is 41.2 Å². The molecule has 20 nitrogen and oxygen atoms in total. The van der Waals surface area contributed by atoms with Gasteiger partial charge in [-0.05, 0) is 99.9 Å². The zero-order valence-electron chi connectivity index (χ0n) is 41.7. The van der Waals surface area contributed by atoms with Crippen LogP contribution in [0, 0.1) is 22.7 Å². The summed E-state index contributed by atoms with van der Waals surface area (Å²) in [6.07, 6.45) is -8.75. The lowest BCUT2D eigenvalue weighted by Gasteiger charge is -2.15. The monoisotopic (exact) mass is 1220 g/mol. The molecule has 4 heterocycles. The highest BCUT2D eigenvalue weighted by atomic mass is 79.9. The van der Waals surface area contributed by atoms with Crippen LogP contribution >= 0.6 is 39.1 Å². The second-order valence-electron chi connectivity index (χ2n) is 16.6. The number of rotatable bonds is 15. The van der Waals surface area contributed by atoms with Gasteiger partial charge in [0.25, 0.3) is 22.2 Å². The highest BCUT2D eigenvalue weighted by Crippen LogP contribution is 2.37. The maximum absolute atomic E-state index is 13.8. The first-order chi connectivity index (χ1) is 38.4. The summed E-state index contributed by atoms with van der Waals surface area (Å²) < 4.78 is 112. The van der Waals surface area contributed by atoms with E-state index in [1.165, 1.54) is 32.4 Å². The highest BCUT2D eigenvalue weighted by Gasteiger charge is 2.40. The van der Waals surface area contributed by atoms with Crippen LogP contribution in [-0.2, 0) is 43.3 Å². The Morgan fingerprint density at radius 1 is 0.568 bits per heavy atom. The molecular formula is C52H35BrCl2F6N10O10. The van der Waals surface area contributed by atoms with Crippen molar-refractivity contribution in [3.8, 4) is 46.6 Å². The average Bonchev–Trinajstić information content (AvgIpc) is 3.42. The van der Waals surface area contributed by atoms with Crippen LogP contribution in [-0.4, -0.2) is 66.0 Å². The molecule has 0 N–H and O–H groups in total. The number of carbonyl (C=O) groups excluding carboxylic acids is 1. The Hall–Kier alpha value is -9.31. The first-order valence-corrected chi connectivity index (χ1v) is 24.3. The van der Waals surface area contributed by atoms with Crippen LogP contribution in [0.4, 0.5) is 26.3 Å². The van der Waals surface area contributed by atoms with Crippen LogP contribution in [0.5, 0.6) is 34.5 Å². The van der Waals surface area contributed by atoms with Gasteiger partial charge in [0.15, 0.2) is 11.4 Å². The Kier molecular flexibility index (Phi) is 18.5. The van der Waals surface area contributed by atoms with Crippen molar-refractivity contribution < 1.29 is 54.8 Å². The number of halogens is 9. The average molecular weight is 1220 g/mol. The molecule has 0 fully saturated rings. The largest absolute Gasteiger partial charge is 0.497 e. The molecular weight excluding hydrogens is 1190 g/mol. The second-order valence-corrected chi connectivity index (χ2v) is 18.4. The SMILES string of the molecule is COC(=O)c1cc(Cn2cnc(C(F)(F)F)c(Oc3cc(Cl)cc(C#N)c3)c2=O)nn(Cc2ccc(OC)cc2)c1=O.COc1ccc(Cn2nc(Cn3cnc(C(F)(F)F)c(Oc4cc(Cl)cc(C#N)c4)c3=O)cc(Br)c2=O)cc1. The van der Waals surface area contributed by atoms with Crippen LogP contribution in [0.3, 0.4) is 0 Å². The summed E-state index contributed by atoms with van der Waals surface area (Å²) in [5.41, 5.74) is -5.78. The standard InChI is InChI=1S/C27H19ClF3N5O6.C25H16BrClF3N5O4/c1-40-19-5-3-15(4-6-19)12-36-24(37)21(26(39)41-2)10-18(34-36)13-35-14-33-23(27(29,30)31)22(25(35)38)42-20-8-16(11-32)7-17(28)9-20;1-38-18-4-2-14(3-5-18)11-35-23(36)20(26)9-17(33-35)12-34-13-32-22(25(28,29)30)21(24(34)37)39-19-7-15(10-31)6-16(27)8-19/h3-10,14H,12-13H2,1-2H3;2-9,13H,11-12H2,1H3. The minimum atomic E-state index is -5.08. The number of carbonyl (C=O) groups is 1. The molecule has 0 saturated heterocycles. The van der Waals surface area contributed by atoms with Crippen LogP contribution in [0.1, 0.15) is 55.4 Å². The third kappa shape index (κ3) is 14.7. The van der Waals surface area contributed by atoms with Gasteiger partial charge in [-0.1, -0.05) is 47.5 Å². The van der Waals surface area contributed by atoms with Crippen molar-refractivity contribution in [3.05, 3.63) is 216 Å². The molecule has 0 radical (unpaired) electrons. The number of methoxy groups -OCH3 is 3. The maximum atomic E-state index is 13.8. The van der Waals surface area contributed by atoms with Gasteiger partial charge in [-0.15, -0.1) is 0 Å². The summed E-state index contributed by atoms with van der Waals surface area (Å²) in [7, 11) is 4.08. The molecule has 0 aliphatic heterocycles. The Bertz CT molecular complexity index is 4030. The van der Waals surface area contributed by atoms with Gasteiger partial charge in [0.05, 0.1) is 99.3 Å². The summed E-state index contributed by atoms with van der Waals surface area (Å²) in [4.78, 5) is 71.2. The quantitative estimate of drug-likeness (QED) is 0.0685. The number of nitrogens with zero attached hydrogens (tertiary/aromatic N) is 10. The van der Waals surface area contributed by atoms with E-state index in [2.05, 4.69) is 36.1 Å². The van der Waals surface area contributed by atoms with Crippen molar-refractivity contribution in [1.82, 2.24) is 38.7 Å². The van der Waals surface area contributed by atoms with Crippen LogP contribution in [0.25, 0.3) is 0 Å². The van der Waals surface area contributed by atoms with E-state index in [9.17, 15) is 50.3 Å². The van der Waals surface area contributed by atoms with Crippen LogP contribution in [0.15, 0.2) is 133 Å². The summed E-state index contributed by atoms with van der Waals surface area (Å²) >= 11 is 15.0. The Labute approximate surface area is 469 Å². The number of esters is 1. The molecule has 0 aliphatic carbocycles. The van der Waals surface area contributed by atoms with E-state index in [1.54, 1.807) is 60.7 Å². The number of ether oxygens (including phenoxy) is 5. The van der Waals surface area contributed by atoms with Gasteiger partial charge in [0.1, 0.15) is 28.6 Å². The van der Waals surface area contributed by atoms with E-state index in [1.807, 2.05) is 0 Å². The van der Waals surface area contributed by atoms with Crippen molar-refractivity contribution in [2.75, 3.05) is 21.3 Å². The normalized spacial score (nSPS) is 11.1. The van der Waals surface area contributed by atoms with Gasteiger partial charge in [0.2, 0.25) is 11.5 Å². The van der Waals surface area contributed by atoms with E-state index in [0.717, 1.165) is 61.5 Å². The number of nitriles is 2. The van der Waals surface area contributed by atoms with Crippen molar-refractivity contribution >= 4 is 45.1 Å². The fraction of sp³-hybridized carbons (Fsp3) is 0.173. The molecule has 4 aromatic carbocycles. The fourth-order valence-corrected chi connectivity index (χ4v) is 8.22. The van der Waals surface area contributed by atoms with E-state index in [-0.39, 0.29) is 68.2 Å². The molecule has 29 heteroatoms. The first-order valence-electron chi connectivity index (χ1n) is 22.7. The molecule has 0 atom stereocenters. The van der Waals surface area contributed by atoms with E-state index in [4.69, 9.17) is 57.4 Å². The molecule has 0 amide bonds. The molecule has 8 aromatic rings. The van der Waals surface area contributed by atoms with Crippen molar-refractivity contribution in [2.24, 2.45) is 0 Å². The molecule has 416 valence electrons. The Morgan fingerprint density at radius 2 is 0.975 bits per heavy atom. The lowest BCUT2D eigenvalue weighted by molar-refractivity contribution is -0.143. The molecule has 0 spiro atoms. The van der Waals surface area contributed by atoms with Crippen molar-refractivity contribution in [1.29, 1.82) is 10.5 Å². The van der Waals surface area contributed by atoms with E-state index >= 15 is 0 Å². The molecule has 0 bridgehead atoms. The summed E-state index contributed by atoms with van der Waals surface area (Å²) in [6.45, 7) is -0.849. The maximum Gasteiger partial charge on any atom is 0.437 e. The number of alkyl halides is 6. The predicted molar refractivity (Wildman–Crippen MR) is 278 cm³/mol. The number of aromatic nitrogens is 8. The van der Waals surface area contributed by atoms with Gasteiger partial charge in [-0.3, -0.25) is 28.3 Å². The second kappa shape index (κ2) is 25.2. The molecule has 0 unspecified atom stereocenters. The highest BCUT2D eigenvalue weighted by molar-refractivity contribution is 9.10. The van der Waals surface area contributed by atoms with Crippen molar-refractivity contribution in [2.45, 2.75) is 38.5 Å². The molecule has 81 heavy (non-hydrogen) atoms. The molecule has 0 saturated carbocycles. The van der Waals surface area contributed by atoms with E-state index in [0.29, 0.717) is 29.7 Å². The summed E-state index contributed by atoms with van der Waals surface area (Å²) in [5.74, 6) is -2.64. The number of hydrogen-bond donors (Lipinski definition) is 0. The first kappa shape index (κ1) is 59.4. The topological polar surface area (TPSA) is 250 Å². The van der Waals surface area contributed by atoms with Gasteiger partial charge < -0.3 is 23.7 Å². The van der Waals surface area contributed by atoms with E-state index < -0.39 is 75.6 Å². The lowest BCUT2D eigenvalue weighted by atomic mass is 10.2. The minimum Gasteiger partial charge on any atom is -0.497 e. The summed E-state index contributed by atoms with van der Waals surface area (Å²) in [6, 6.07) is 26.6. The van der Waals surface area contributed by atoms with Gasteiger partial charge >= 0.3 is 18.3 Å². The Balaban J connectivity index is 0.000000234. The number of hydrogen-bond acceptors (Lipinski definition) is 16. The molecule has 0 aliphatic rings. The molecule has 8 rings (SSSR count). The van der Waals surface area contributed by atoms with Gasteiger partial charge in [0, 0.05) is 10.0 Å². The fourth-order valence-electron chi connectivity index (χ4n) is 7.30.